The van der Waals surface area contributed by atoms with Crippen LogP contribution in [-0.4, -0.2) is 54.6 Å². The number of carbonyl (C=O) groups excluding carboxylic acids is 3. The number of benzene rings is 2. The van der Waals surface area contributed by atoms with Gasteiger partial charge in [0.05, 0.1) is 18.8 Å². The van der Waals surface area contributed by atoms with Crippen LogP contribution in [-0.2, 0) is 20.7 Å². The summed E-state index contributed by atoms with van der Waals surface area (Å²) in [5, 5.41) is 17.1. The van der Waals surface area contributed by atoms with Crippen LogP contribution in [0.25, 0.3) is 0 Å². The van der Waals surface area contributed by atoms with Gasteiger partial charge in [0.25, 0.3) is 0 Å². The summed E-state index contributed by atoms with van der Waals surface area (Å²) in [4.78, 5) is 38.1. The van der Waals surface area contributed by atoms with E-state index in [1.165, 1.54) is 18.2 Å². The first-order valence-electron chi connectivity index (χ1n) is 9.74. The number of methoxy groups -OCH3 is 1. The second kappa shape index (κ2) is 10.3. The Balaban J connectivity index is 0.00000361. The fourth-order valence-corrected chi connectivity index (χ4v) is 3.90. The molecule has 0 aromatic heterocycles. The third-order valence-electron chi connectivity index (χ3n) is 5.23. The minimum Gasteiger partial charge on any atom is -0.547 e. The molecule has 1 aliphatic carbocycles. The van der Waals surface area contributed by atoms with Gasteiger partial charge in [0, 0.05) is 17.0 Å². The van der Waals surface area contributed by atoms with Gasteiger partial charge in [-0.1, -0.05) is 17.7 Å². The molecule has 0 unspecified atom stereocenters. The van der Waals surface area contributed by atoms with Gasteiger partial charge in [-0.15, -0.1) is 13.2 Å². The van der Waals surface area contributed by atoms with Crippen LogP contribution in [0.5, 0.6) is 5.75 Å². The average Bonchev–Trinajstić information content (AvgIpc) is 3.13. The zero-order valence-electron chi connectivity index (χ0n) is 18.7. The maximum Gasteiger partial charge on any atom is 1.00 e. The van der Waals surface area contributed by atoms with Crippen molar-refractivity contribution in [3.05, 3.63) is 58.6 Å². The predicted molar refractivity (Wildman–Crippen MR) is 111 cm³/mol. The molecule has 4 rings (SSSR count). The maximum atomic E-state index is 13.2. The number of hydrazone groups is 1. The molecule has 36 heavy (non-hydrogen) atoms. The van der Waals surface area contributed by atoms with E-state index in [2.05, 4.69) is 14.6 Å². The molecule has 0 radical (unpaired) electrons. The van der Waals surface area contributed by atoms with E-state index < -0.39 is 42.5 Å². The van der Waals surface area contributed by atoms with Crippen LogP contribution in [0.2, 0.25) is 5.02 Å². The fourth-order valence-electron chi connectivity index (χ4n) is 3.71. The number of hydrogen-bond donors (Lipinski definition) is 0. The Bertz CT molecular complexity index is 1240. The van der Waals surface area contributed by atoms with Gasteiger partial charge < -0.3 is 24.1 Å². The zero-order valence-corrected chi connectivity index (χ0v) is 21.4. The maximum absolute atomic E-state index is 13.2. The van der Waals surface area contributed by atoms with Crippen molar-refractivity contribution in [3.8, 4) is 5.75 Å². The van der Waals surface area contributed by atoms with Gasteiger partial charge in [-0.3, -0.25) is 0 Å². The minimum atomic E-state index is -4.94. The number of urea groups is 1. The first kappa shape index (κ1) is 27.7. The molecule has 0 fully saturated rings. The summed E-state index contributed by atoms with van der Waals surface area (Å²) in [6.07, 6.45) is -6.27. The number of ether oxygens (including phenoxy) is 3. The van der Waals surface area contributed by atoms with Crippen LogP contribution in [0, 0.1) is 0 Å². The van der Waals surface area contributed by atoms with Crippen molar-refractivity contribution >= 4 is 41.1 Å². The quantitative estimate of drug-likeness (QED) is 0.494. The monoisotopic (exact) mass is 535 g/mol. The van der Waals surface area contributed by atoms with E-state index in [9.17, 15) is 32.7 Å². The number of imide groups is 1. The van der Waals surface area contributed by atoms with Gasteiger partial charge >= 0.3 is 48.0 Å². The molecule has 0 bridgehead atoms. The van der Waals surface area contributed by atoms with E-state index >= 15 is 0 Å². The molecule has 2 aliphatic rings. The number of hydrogen-bond acceptors (Lipinski definition) is 8. The number of halogens is 4. The van der Waals surface area contributed by atoms with E-state index in [1.807, 2.05) is 0 Å². The average molecular weight is 536 g/mol. The molecule has 3 amide bonds. The van der Waals surface area contributed by atoms with Crippen molar-refractivity contribution in [3.63, 3.8) is 0 Å². The summed E-state index contributed by atoms with van der Waals surface area (Å²) in [6.45, 7) is -0.680. The number of amides is 3. The van der Waals surface area contributed by atoms with E-state index in [-0.39, 0.29) is 47.4 Å². The molecule has 15 heteroatoms. The zero-order chi connectivity index (χ0) is 25.5. The van der Waals surface area contributed by atoms with E-state index in [0.29, 0.717) is 26.1 Å². The second-order valence-electron chi connectivity index (χ2n) is 7.34. The van der Waals surface area contributed by atoms with Crippen molar-refractivity contribution in [1.82, 2.24) is 5.01 Å². The van der Waals surface area contributed by atoms with Crippen LogP contribution in [0.1, 0.15) is 11.1 Å². The molecular weight excluding hydrogens is 522 g/mol. The van der Waals surface area contributed by atoms with Gasteiger partial charge in [-0.05, 0) is 42.0 Å². The Labute approximate surface area is 228 Å². The normalized spacial score (nSPS) is 18.2. The van der Waals surface area contributed by atoms with Crippen molar-refractivity contribution in [1.29, 1.82) is 0 Å². The van der Waals surface area contributed by atoms with Crippen LogP contribution < -0.4 is 44.3 Å². The second-order valence-corrected chi connectivity index (χ2v) is 7.78. The SMILES string of the molecule is COC(=O)N(C(=O)N1CO[C@]2(C(=O)[O-])Cc3cc(Cl)ccc3C2=N1)c1ccc(OC(F)(F)F)cc1.[Na+]. The van der Waals surface area contributed by atoms with Crippen LogP contribution in [0.15, 0.2) is 47.6 Å². The number of carbonyl (C=O) groups is 3. The molecule has 0 N–H and O–H groups in total. The molecule has 0 saturated heterocycles. The van der Waals surface area contributed by atoms with Crippen LogP contribution >= 0.6 is 11.6 Å². The molecule has 0 saturated carbocycles. The molecule has 2 aromatic carbocycles. The smallest absolute Gasteiger partial charge is 0.547 e. The summed E-state index contributed by atoms with van der Waals surface area (Å²) in [5.41, 5.74) is -1.43. The number of anilines is 1. The molecule has 1 aliphatic heterocycles. The van der Waals surface area contributed by atoms with Gasteiger partial charge in [0.15, 0.2) is 5.60 Å². The Morgan fingerprint density at radius 1 is 1.19 bits per heavy atom. The largest absolute Gasteiger partial charge is 1.00 e. The van der Waals surface area contributed by atoms with E-state index in [1.54, 1.807) is 0 Å². The molecule has 1 atom stereocenters. The van der Waals surface area contributed by atoms with Gasteiger partial charge in [0.2, 0.25) is 0 Å². The summed E-state index contributed by atoms with van der Waals surface area (Å²) in [5.74, 6) is -2.17. The van der Waals surface area contributed by atoms with Gasteiger partial charge in [0.1, 0.15) is 18.2 Å². The Hall–Kier alpha value is -2.84. The molecular formula is C21H14ClF3N3NaO7. The molecule has 2 aromatic rings. The summed E-state index contributed by atoms with van der Waals surface area (Å²) >= 11 is 5.99. The van der Waals surface area contributed by atoms with Crippen molar-refractivity contribution in [2.75, 3.05) is 18.7 Å². The number of aliphatic carboxylic acids is 1. The van der Waals surface area contributed by atoms with Crippen molar-refractivity contribution in [2.24, 2.45) is 5.10 Å². The molecule has 1 heterocycles. The summed E-state index contributed by atoms with van der Waals surface area (Å²) in [6, 6.07) is 7.24. The molecule has 10 nitrogen and oxygen atoms in total. The van der Waals surface area contributed by atoms with Crippen molar-refractivity contribution < 1.29 is 76.4 Å². The Morgan fingerprint density at radius 2 is 1.86 bits per heavy atom. The Morgan fingerprint density at radius 3 is 2.44 bits per heavy atom. The number of alkyl halides is 3. The number of carboxylic acids is 1. The number of fused-ring (bicyclic) bond motifs is 3. The van der Waals surface area contributed by atoms with E-state index in [4.69, 9.17) is 16.3 Å². The minimum absolute atomic E-state index is 0. The van der Waals surface area contributed by atoms with Crippen LogP contribution in [0.3, 0.4) is 0 Å². The van der Waals surface area contributed by atoms with Crippen molar-refractivity contribution in [2.45, 2.75) is 18.4 Å². The molecule has 0 spiro atoms. The third kappa shape index (κ3) is 5.15. The summed E-state index contributed by atoms with van der Waals surface area (Å²) < 4.78 is 51.2. The molecule has 184 valence electrons. The fraction of sp³-hybridized carbons (Fsp3) is 0.238. The first-order chi connectivity index (χ1) is 16.4. The number of nitrogens with zero attached hydrogens (tertiary/aromatic N) is 3. The Kier molecular flexibility index (Phi) is 7.91. The standard InChI is InChI=1S/C21H15ClF3N3O7.Na/c1-33-19(32)28(13-3-5-14(6-4-13)35-21(23,24)25)18(31)27-10-34-20(17(29)30)9-11-8-12(22)2-7-15(11)16(20)26-27;/h2-8H,9-10H2,1H3,(H,29,30);/q;+1/p-1/t20-;/m1./s1. The number of carboxylic acid groups (broad SMARTS) is 1. The first-order valence-corrected chi connectivity index (χ1v) is 10.1. The topological polar surface area (TPSA) is 121 Å². The summed E-state index contributed by atoms with van der Waals surface area (Å²) in [7, 11) is 0.987. The van der Waals surface area contributed by atoms with Crippen LogP contribution in [0.4, 0.5) is 28.4 Å². The van der Waals surface area contributed by atoms with Gasteiger partial charge in [-0.2, -0.15) is 15.0 Å². The predicted octanol–water partition coefficient (Wildman–Crippen LogP) is -0.326. The van der Waals surface area contributed by atoms with E-state index in [0.717, 1.165) is 31.4 Å². The number of rotatable bonds is 3. The van der Waals surface area contributed by atoms with Gasteiger partial charge in [-0.25, -0.2) is 9.59 Å². The third-order valence-corrected chi connectivity index (χ3v) is 5.46.